The number of phenolic OH excluding ortho intramolecular Hbond substituents is 1. The molecule has 3 rings (SSSR count). The van der Waals surface area contributed by atoms with Gasteiger partial charge in [0.05, 0.1) is 11.2 Å². The second kappa shape index (κ2) is 5.40. The van der Waals surface area contributed by atoms with Crippen molar-refractivity contribution < 1.29 is 9.84 Å². The van der Waals surface area contributed by atoms with Gasteiger partial charge in [0, 0.05) is 23.7 Å². The fourth-order valence-electron chi connectivity index (χ4n) is 2.56. The van der Waals surface area contributed by atoms with Crippen molar-refractivity contribution in [3.8, 4) is 11.5 Å². The van der Waals surface area contributed by atoms with Gasteiger partial charge >= 0.3 is 0 Å². The average molecular weight is 282 g/mol. The molecule has 0 aliphatic rings. The Hall–Kier alpha value is -2.62. The first-order valence-electron chi connectivity index (χ1n) is 6.97. The van der Waals surface area contributed by atoms with E-state index in [1.807, 2.05) is 24.3 Å². The Morgan fingerprint density at radius 2 is 1.95 bits per heavy atom. The van der Waals surface area contributed by atoms with Crippen LogP contribution in [0.3, 0.4) is 0 Å². The number of hydrogen-bond donors (Lipinski definition) is 2. The van der Waals surface area contributed by atoms with Crippen LogP contribution in [0.4, 0.5) is 5.69 Å². The third kappa shape index (κ3) is 2.40. The number of nitrogens with two attached hydrogens (primary N) is 1. The molecule has 0 aliphatic heterocycles. The summed E-state index contributed by atoms with van der Waals surface area (Å²) in [6.45, 7) is 3.32. The molecule has 0 unspecified atom stereocenters. The number of hydrogen-bond acceptors (Lipinski definition) is 3. The Morgan fingerprint density at radius 3 is 2.71 bits per heavy atom. The average Bonchev–Trinajstić information content (AvgIpc) is 2.86. The van der Waals surface area contributed by atoms with Crippen molar-refractivity contribution >= 4 is 16.6 Å². The lowest BCUT2D eigenvalue weighted by atomic mass is 10.1. The molecule has 1 aromatic heterocycles. The standard InChI is InChI=1S/C17H18N2O2/c1-2-19-10-12(13-6-5-7-14(18)17(13)19)11-21-16-9-4-3-8-15(16)20/h3-10,20H,2,11,18H2,1H3. The largest absolute Gasteiger partial charge is 0.504 e. The number of aromatic hydroxyl groups is 1. The summed E-state index contributed by atoms with van der Waals surface area (Å²) < 4.78 is 7.84. The van der Waals surface area contributed by atoms with Crippen LogP contribution in [0.15, 0.2) is 48.7 Å². The lowest BCUT2D eigenvalue weighted by Gasteiger charge is -2.07. The number of aromatic nitrogens is 1. The van der Waals surface area contributed by atoms with Crippen LogP contribution in [0.1, 0.15) is 12.5 Å². The maximum atomic E-state index is 9.75. The van der Waals surface area contributed by atoms with Crippen molar-refractivity contribution in [3.63, 3.8) is 0 Å². The van der Waals surface area contributed by atoms with E-state index >= 15 is 0 Å². The van der Waals surface area contributed by atoms with Gasteiger partial charge in [0.15, 0.2) is 11.5 Å². The number of para-hydroxylation sites is 3. The summed E-state index contributed by atoms with van der Waals surface area (Å²) in [5.41, 5.74) is 8.94. The molecule has 108 valence electrons. The number of nitrogens with zero attached hydrogens (tertiary/aromatic N) is 1. The Kier molecular flexibility index (Phi) is 3.44. The molecule has 0 bridgehead atoms. The van der Waals surface area contributed by atoms with E-state index in [0.717, 1.165) is 28.7 Å². The van der Waals surface area contributed by atoms with E-state index in [-0.39, 0.29) is 5.75 Å². The monoisotopic (exact) mass is 282 g/mol. The Bertz CT molecular complexity index is 778. The predicted molar refractivity (Wildman–Crippen MR) is 84.5 cm³/mol. The Labute approximate surface area is 123 Å². The zero-order valence-electron chi connectivity index (χ0n) is 11.9. The van der Waals surface area contributed by atoms with E-state index in [1.54, 1.807) is 18.2 Å². The summed E-state index contributed by atoms with van der Waals surface area (Å²) >= 11 is 0. The van der Waals surface area contributed by atoms with Crippen molar-refractivity contribution in [1.29, 1.82) is 0 Å². The van der Waals surface area contributed by atoms with Crippen molar-refractivity contribution in [2.24, 2.45) is 0 Å². The van der Waals surface area contributed by atoms with E-state index in [4.69, 9.17) is 10.5 Å². The van der Waals surface area contributed by atoms with E-state index < -0.39 is 0 Å². The Morgan fingerprint density at radius 1 is 1.14 bits per heavy atom. The highest BCUT2D eigenvalue weighted by Gasteiger charge is 2.11. The molecule has 2 aromatic carbocycles. The second-order valence-corrected chi connectivity index (χ2v) is 4.94. The summed E-state index contributed by atoms with van der Waals surface area (Å²) in [6, 6.07) is 12.9. The van der Waals surface area contributed by atoms with Gasteiger partial charge in [0.25, 0.3) is 0 Å². The number of aryl methyl sites for hydroxylation is 1. The third-order valence-corrected chi connectivity index (χ3v) is 3.60. The molecule has 3 N–H and O–H groups in total. The minimum absolute atomic E-state index is 0.149. The lowest BCUT2D eigenvalue weighted by Crippen LogP contribution is -1.95. The fourth-order valence-corrected chi connectivity index (χ4v) is 2.56. The number of ether oxygens (including phenoxy) is 1. The van der Waals surface area contributed by atoms with E-state index in [2.05, 4.69) is 17.7 Å². The van der Waals surface area contributed by atoms with Gasteiger partial charge < -0.3 is 20.1 Å². The second-order valence-electron chi connectivity index (χ2n) is 4.94. The molecule has 4 heteroatoms. The van der Waals surface area contributed by atoms with Crippen LogP contribution < -0.4 is 10.5 Å². The quantitative estimate of drug-likeness (QED) is 0.720. The van der Waals surface area contributed by atoms with Crippen LogP contribution in [0.25, 0.3) is 10.9 Å². The van der Waals surface area contributed by atoms with Crippen LogP contribution in [0.2, 0.25) is 0 Å². The number of nitrogen functional groups attached to an aromatic ring is 1. The van der Waals surface area contributed by atoms with Crippen LogP contribution in [-0.4, -0.2) is 9.67 Å². The smallest absolute Gasteiger partial charge is 0.161 e. The zero-order chi connectivity index (χ0) is 14.8. The molecule has 4 nitrogen and oxygen atoms in total. The molecule has 0 saturated heterocycles. The van der Waals surface area contributed by atoms with Gasteiger partial charge in [-0.25, -0.2) is 0 Å². The highest BCUT2D eigenvalue weighted by Crippen LogP contribution is 2.29. The minimum atomic E-state index is 0.149. The lowest BCUT2D eigenvalue weighted by molar-refractivity contribution is 0.290. The number of fused-ring (bicyclic) bond motifs is 1. The Balaban J connectivity index is 1.95. The van der Waals surface area contributed by atoms with Crippen molar-refractivity contribution in [2.75, 3.05) is 5.73 Å². The highest BCUT2D eigenvalue weighted by atomic mass is 16.5. The van der Waals surface area contributed by atoms with Gasteiger partial charge in [0.2, 0.25) is 0 Å². The fraction of sp³-hybridized carbons (Fsp3) is 0.176. The maximum absolute atomic E-state index is 9.75. The first-order chi connectivity index (χ1) is 10.2. The molecule has 1 heterocycles. The summed E-state index contributed by atoms with van der Waals surface area (Å²) in [6.07, 6.45) is 2.06. The molecular formula is C17H18N2O2. The first kappa shape index (κ1) is 13.4. The van der Waals surface area contributed by atoms with Crippen molar-refractivity contribution in [1.82, 2.24) is 4.57 Å². The van der Waals surface area contributed by atoms with Crippen molar-refractivity contribution in [2.45, 2.75) is 20.1 Å². The molecule has 0 amide bonds. The molecule has 0 spiro atoms. The molecule has 3 aromatic rings. The van der Waals surface area contributed by atoms with Gasteiger partial charge in [-0.15, -0.1) is 0 Å². The number of benzene rings is 2. The predicted octanol–water partition coefficient (Wildman–Crippen LogP) is 3.53. The third-order valence-electron chi connectivity index (χ3n) is 3.60. The van der Waals surface area contributed by atoms with E-state index in [1.165, 1.54) is 0 Å². The summed E-state index contributed by atoms with van der Waals surface area (Å²) in [4.78, 5) is 0. The normalized spacial score (nSPS) is 10.9. The molecule has 0 fully saturated rings. The van der Waals surface area contributed by atoms with Gasteiger partial charge in [-0.05, 0) is 25.1 Å². The van der Waals surface area contributed by atoms with Gasteiger partial charge in [-0.1, -0.05) is 24.3 Å². The minimum Gasteiger partial charge on any atom is -0.504 e. The van der Waals surface area contributed by atoms with Crippen LogP contribution in [0.5, 0.6) is 11.5 Å². The van der Waals surface area contributed by atoms with E-state index in [0.29, 0.717) is 12.4 Å². The van der Waals surface area contributed by atoms with Crippen LogP contribution >= 0.6 is 0 Å². The van der Waals surface area contributed by atoms with Crippen molar-refractivity contribution in [3.05, 3.63) is 54.2 Å². The molecule has 0 saturated carbocycles. The number of anilines is 1. The molecule has 0 radical (unpaired) electrons. The summed E-state index contributed by atoms with van der Waals surface area (Å²) in [7, 11) is 0. The zero-order valence-corrected chi connectivity index (χ0v) is 11.9. The van der Waals surface area contributed by atoms with Crippen LogP contribution in [0, 0.1) is 0 Å². The first-order valence-corrected chi connectivity index (χ1v) is 6.97. The molecule has 0 atom stereocenters. The van der Waals surface area contributed by atoms with Gasteiger partial charge in [-0.2, -0.15) is 0 Å². The highest BCUT2D eigenvalue weighted by molar-refractivity contribution is 5.93. The van der Waals surface area contributed by atoms with Gasteiger partial charge in [-0.3, -0.25) is 0 Å². The van der Waals surface area contributed by atoms with Gasteiger partial charge in [0.1, 0.15) is 6.61 Å². The van der Waals surface area contributed by atoms with Crippen LogP contribution in [-0.2, 0) is 13.2 Å². The summed E-state index contributed by atoms with van der Waals surface area (Å²) in [5.74, 6) is 0.634. The SMILES string of the molecule is CCn1cc(COc2ccccc2O)c2cccc(N)c21. The molecule has 21 heavy (non-hydrogen) atoms. The maximum Gasteiger partial charge on any atom is 0.161 e. The number of phenols is 1. The molecule has 0 aliphatic carbocycles. The van der Waals surface area contributed by atoms with E-state index in [9.17, 15) is 5.11 Å². The molecular weight excluding hydrogens is 264 g/mol. The topological polar surface area (TPSA) is 60.4 Å². The summed E-state index contributed by atoms with van der Waals surface area (Å²) in [5, 5.41) is 10.8. The number of rotatable bonds is 4.